The van der Waals surface area contributed by atoms with Crippen LogP contribution in [0.25, 0.3) is 21.7 Å². The van der Waals surface area contributed by atoms with Gasteiger partial charge in [0.2, 0.25) is 5.91 Å². The molecule has 1 atom stereocenters. The van der Waals surface area contributed by atoms with Gasteiger partial charge in [0.05, 0.1) is 10.8 Å². The van der Waals surface area contributed by atoms with Gasteiger partial charge in [0, 0.05) is 11.1 Å². The first-order valence-corrected chi connectivity index (χ1v) is 9.68. The summed E-state index contributed by atoms with van der Waals surface area (Å²) < 4.78 is 0. The number of nitrogens with zero attached hydrogens (tertiary/aromatic N) is 2. The molecule has 0 spiro atoms. The molecule has 0 radical (unpaired) electrons. The Kier molecular flexibility index (Phi) is 4.77. The summed E-state index contributed by atoms with van der Waals surface area (Å²) in [5.41, 5.74) is 1.70. The summed E-state index contributed by atoms with van der Waals surface area (Å²) in [5.74, 6) is 0.661. The summed E-state index contributed by atoms with van der Waals surface area (Å²) in [6, 6.07) is 21.9. The van der Waals surface area contributed by atoms with Gasteiger partial charge in [-0.1, -0.05) is 60.3 Å². The molecule has 0 aliphatic heterocycles. The first-order valence-electron chi connectivity index (χ1n) is 8.80. The normalized spacial score (nSPS) is 12.2. The summed E-state index contributed by atoms with van der Waals surface area (Å²) in [5, 5.41) is 6.79. The fraction of sp³-hybridized carbons (Fsp3) is 0.136. The third kappa shape index (κ3) is 3.78. The molecule has 0 saturated heterocycles. The predicted molar refractivity (Wildman–Crippen MR) is 112 cm³/mol. The molecular formula is C22H19N3OS. The lowest BCUT2D eigenvalue weighted by molar-refractivity contribution is -0.115. The summed E-state index contributed by atoms with van der Waals surface area (Å²) >= 11 is 1.46. The van der Waals surface area contributed by atoms with Gasteiger partial charge in [-0.15, -0.1) is 0 Å². The molecule has 4 rings (SSSR count). The van der Waals surface area contributed by atoms with Crippen molar-refractivity contribution in [2.24, 2.45) is 0 Å². The van der Waals surface area contributed by atoms with Crippen molar-refractivity contribution < 1.29 is 4.79 Å². The number of carbonyl (C=O) groups is 1. The first-order chi connectivity index (χ1) is 13.1. The fourth-order valence-electron chi connectivity index (χ4n) is 2.98. The average molecular weight is 373 g/mol. The van der Waals surface area contributed by atoms with Gasteiger partial charge >= 0.3 is 0 Å². The Balaban J connectivity index is 1.54. The number of carbonyl (C=O) groups excluding carboxylic acids is 1. The number of nitrogens with one attached hydrogen (secondary N) is 1. The predicted octanol–water partition coefficient (Wildman–Crippen LogP) is 5.21. The van der Waals surface area contributed by atoms with Gasteiger partial charge < -0.3 is 5.32 Å². The quantitative estimate of drug-likeness (QED) is 0.394. The minimum absolute atomic E-state index is 0.0457. The zero-order chi connectivity index (χ0) is 18.8. The van der Waals surface area contributed by atoms with Crippen LogP contribution in [-0.2, 0) is 4.79 Å². The number of fused-ring (bicyclic) bond motifs is 2. The summed E-state index contributed by atoms with van der Waals surface area (Å²) in [6.45, 7) is 3.77. The third-order valence-electron chi connectivity index (χ3n) is 4.35. The van der Waals surface area contributed by atoms with Gasteiger partial charge in [0.25, 0.3) is 0 Å². The lowest BCUT2D eigenvalue weighted by atomic mass is 10.1. The van der Waals surface area contributed by atoms with Crippen LogP contribution in [0.5, 0.6) is 0 Å². The molecule has 0 aliphatic rings. The third-order valence-corrected chi connectivity index (χ3v) is 5.46. The van der Waals surface area contributed by atoms with Crippen molar-refractivity contribution in [3.63, 3.8) is 0 Å². The van der Waals surface area contributed by atoms with E-state index >= 15 is 0 Å². The molecule has 0 unspecified atom stereocenters. The highest BCUT2D eigenvalue weighted by Gasteiger charge is 2.17. The number of thioether (sulfide) groups is 1. The monoisotopic (exact) mass is 373 g/mol. The Hall–Kier alpha value is -2.92. The Morgan fingerprint density at radius 1 is 0.963 bits per heavy atom. The van der Waals surface area contributed by atoms with E-state index in [4.69, 9.17) is 0 Å². The van der Waals surface area contributed by atoms with Crippen LogP contribution in [0.1, 0.15) is 12.7 Å². The van der Waals surface area contributed by atoms with Crippen LogP contribution < -0.4 is 5.32 Å². The van der Waals surface area contributed by atoms with Crippen molar-refractivity contribution in [1.82, 2.24) is 9.97 Å². The zero-order valence-electron chi connectivity index (χ0n) is 15.1. The van der Waals surface area contributed by atoms with Crippen LogP contribution in [0.3, 0.4) is 0 Å². The van der Waals surface area contributed by atoms with Crippen molar-refractivity contribution in [2.75, 3.05) is 5.32 Å². The first kappa shape index (κ1) is 17.5. The molecule has 1 amide bonds. The maximum atomic E-state index is 12.7. The fourth-order valence-corrected chi connectivity index (χ4v) is 3.97. The standard InChI is InChI=1S/C22H19N3OS/c1-14(27-22-19-9-5-6-10-20(19)23-15(2)24-22)21(26)25-18-12-11-16-7-3-4-8-17(16)13-18/h3-14H,1-2H3,(H,25,26)/t14-/m0/s1. The smallest absolute Gasteiger partial charge is 0.237 e. The molecule has 4 nitrogen and oxygen atoms in total. The summed E-state index contributed by atoms with van der Waals surface area (Å²) in [6.07, 6.45) is 0. The highest BCUT2D eigenvalue weighted by molar-refractivity contribution is 8.00. The SMILES string of the molecule is Cc1nc(S[C@@H](C)C(=O)Nc2ccc3ccccc3c2)c2ccccc2n1. The Bertz CT molecular complexity index is 1140. The van der Waals surface area contributed by atoms with Crippen LogP contribution >= 0.6 is 11.8 Å². The van der Waals surface area contributed by atoms with Gasteiger partial charge in [-0.05, 0) is 42.8 Å². The van der Waals surface area contributed by atoms with Gasteiger partial charge in [-0.25, -0.2) is 9.97 Å². The number of hydrogen-bond acceptors (Lipinski definition) is 4. The van der Waals surface area contributed by atoms with Crippen molar-refractivity contribution in [3.05, 3.63) is 72.6 Å². The minimum atomic E-state index is -0.283. The van der Waals surface area contributed by atoms with E-state index in [9.17, 15) is 4.79 Å². The van der Waals surface area contributed by atoms with Crippen molar-refractivity contribution in [1.29, 1.82) is 0 Å². The van der Waals surface area contributed by atoms with E-state index in [2.05, 4.69) is 21.4 Å². The van der Waals surface area contributed by atoms with E-state index < -0.39 is 0 Å². The second kappa shape index (κ2) is 7.37. The van der Waals surface area contributed by atoms with Gasteiger partial charge in [-0.2, -0.15) is 0 Å². The topological polar surface area (TPSA) is 54.9 Å². The molecule has 1 heterocycles. The molecule has 0 fully saturated rings. The lowest BCUT2D eigenvalue weighted by Gasteiger charge is -2.13. The summed E-state index contributed by atoms with van der Waals surface area (Å²) in [7, 11) is 0. The number of hydrogen-bond donors (Lipinski definition) is 1. The number of rotatable bonds is 4. The van der Waals surface area contributed by atoms with Gasteiger partial charge in [0.15, 0.2) is 0 Å². The molecular weight excluding hydrogens is 354 g/mol. The zero-order valence-corrected chi connectivity index (χ0v) is 16.0. The number of anilines is 1. The Morgan fingerprint density at radius 3 is 2.56 bits per heavy atom. The van der Waals surface area contributed by atoms with Crippen LogP contribution in [0.2, 0.25) is 0 Å². The Morgan fingerprint density at radius 2 is 1.70 bits per heavy atom. The number of aromatic nitrogens is 2. The van der Waals surface area contributed by atoms with E-state index in [0.29, 0.717) is 5.82 Å². The highest BCUT2D eigenvalue weighted by atomic mass is 32.2. The van der Waals surface area contributed by atoms with Crippen LogP contribution in [0, 0.1) is 6.92 Å². The van der Waals surface area contributed by atoms with E-state index in [1.807, 2.05) is 74.5 Å². The molecule has 4 aromatic rings. The molecule has 0 saturated carbocycles. The van der Waals surface area contributed by atoms with E-state index in [1.54, 1.807) is 0 Å². The minimum Gasteiger partial charge on any atom is -0.325 e. The molecule has 0 bridgehead atoms. The number of amides is 1. The number of benzene rings is 3. The van der Waals surface area contributed by atoms with Crippen LogP contribution in [-0.4, -0.2) is 21.1 Å². The largest absolute Gasteiger partial charge is 0.325 e. The number of para-hydroxylation sites is 1. The molecule has 27 heavy (non-hydrogen) atoms. The van der Waals surface area contributed by atoms with Crippen molar-refractivity contribution in [2.45, 2.75) is 24.1 Å². The maximum Gasteiger partial charge on any atom is 0.237 e. The van der Waals surface area contributed by atoms with E-state index in [-0.39, 0.29) is 11.2 Å². The molecule has 3 aromatic carbocycles. The number of aryl methyl sites for hydroxylation is 1. The molecule has 1 aromatic heterocycles. The van der Waals surface area contributed by atoms with E-state index in [0.717, 1.165) is 32.4 Å². The van der Waals surface area contributed by atoms with Crippen LogP contribution in [0.4, 0.5) is 5.69 Å². The van der Waals surface area contributed by atoms with Gasteiger partial charge in [0.1, 0.15) is 10.9 Å². The molecule has 5 heteroatoms. The van der Waals surface area contributed by atoms with Crippen LogP contribution in [0.15, 0.2) is 71.8 Å². The lowest BCUT2D eigenvalue weighted by Crippen LogP contribution is -2.22. The van der Waals surface area contributed by atoms with Crippen molar-refractivity contribution >= 4 is 45.0 Å². The van der Waals surface area contributed by atoms with Gasteiger partial charge in [-0.3, -0.25) is 4.79 Å². The second-order valence-corrected chi connectivity index (χ2v) is 7.73. The highest BCUT2D eigenvalue weighted by Crippen LogP contribution is 2.29. The maximum absolute atomic E-state index is 12.7. The van der Waals surface area contributed by atoms with Crippen molar-refractivity contribution in [3.8, 4) is 0 Å². The van der Waals surface area contributed by atoms with E-state index in [1.165, 1.54) is 11.8 Å². The molecule has 0 aliphatic carbocycles. The Labute approximate surface area is 162 Å². The second-order valence-electron chi connectivity index (χ2n) is 6.40. The average Bonchev–Trinajstić information content (AvgIpc) is 2.67. The summed E-state index contributed by atoms with van der Waals surface area (Å²) in [4.78, 5) is 21.7. The molecule has 1 N–H and O–H groups in total. The molecule has 134 valence electrons.